The third kappa shape index (κ3) is 10.1. The van der Waals surface area contributed by atoms with E-state index in [0.717, 1.165) is 31.2 Å². The maximum Gasteiger partial charge on any atom is 0.408 e. The van der Waals surface area contributed by atoms with Gasteiger partial charge >= 0.3 is 6.09 Å². The summed E-state index contributed by atoms with van der Waals surface area (Å²) in [5.74, 6) is -0.927. The van der Waals surface area contributed by atoms with E-state index in [2.05, 4.69) is 16.0 Å². The number of carbonyl (C=O) groups is 4. The van der Waals surface area contributed by atoms with Crippen LogP contribution in [0.4, 0.5) is 4.79 Å². The lowest BCUT2D eigenvalue weighted by Gasteiger charge is -2.29. The quantitative estimate of drug-likeness (QED) is 0.380. The van der Waals surface area contributed by atoms with Crippen molar-refractivity contribution in [2.45, 2.75) is 96.4 Å². The molecular formula is C29H43N3O6. The molecule has 38 heavy (non-hydrogen) atoms. The molecular weight excluding hydrogens is 486 g/mol. The summed E-state index contributed by atoms with van der Waals surface area (Å²) in [7, 11) is 0. The zero-order valence-corrected chi connectivity index (χ0v) is 22.9. The molecule has 1 aromatic carbocycles. The molecule has 3 amide bonds. The molecule has 3 rings (SSSR count). The van der Waals surface area contributed by atoms with Gasteiger partial charge in [-0.2, -0.15) is 0 Å². The van der Waals surface area contributed by atoms with Crippen LogP contribution in [0.25, 0.3) is 0 Å². The highest BCUT2D eigenvalue weighted by molar-refractivity contribution is 5.93. The molecule has 1 aliphatic carbocycles. The summed E-state index contributed by atoms with van der Waals surface area (Å²) >= 11 is 0. The maximum atomic E-state index is 13.5. The van der Waals surface area contributed by atoms with Gasteiger partial charge in [-0.3, -0.25) is 14.4 Å². The maximum absolute atomic E-state index is 13.5. The molecule has 0 bridgehead atoms. The number of amides is 3. The second-order valence-corrected chi connectivity index (χ2v) is 11.5. The van der Waals surface area contributed by atoms with Gasteiger partial charge in [-0.15, -0.1) is 0 Å². The van der Waals surface area contributed by atoms with E-state index in [1.54, 1.807) is 20.8 Å². The van der Waals surface area contributed by atoms with Crippen LogP contribution in [0.15, 0.2) is 30.3 Å². The molecule has 0 aromatic heterocycles. The molecule has 0 spiro atoms. The molecule has 2 fully saturated rings. The van der Waals surface area contributed by atoms with E-state index in [1.165, 1.54) is 6.42 Å². The van der Waals surface area contributed by atoms with Crippen molar-refractivity contribution in [1.29, 1.82) is 0 Å². The molecule has 1 heterocycles. The molecule has 210 valence electrons. The number of rotatable bonds is 12. The molecule has 9 nitrogen and oxygen atoms in total. The van der Waals surface area contributed by atoms with Crippen LogP contribution in [0.5, 0.6) is 0 Å². The summed E-state index contributed by atoms with van der Waals surface area (Å²) < 4.78 is 11.1. The van der Waals surface area contributed by atoms with Crippen molar-refractivity contribution in [2.24, 2.45) is 11.8 Å². The van der Waals surface area contributed by atoms with E-state index in [-0.39, 0.29) is 37.2 Å². The van der Waals surface area contributed by atoms with Crippen molar-refractivity contribution >= 4 is 23.7 Å². The van der Waals surface area contributed by atoms with Gasteiger partial charge in [0.25, 0.3) is 0 Å². The molecule has 1 aliphatic heterocycles. The second-order valence-electron chi connectivity index (χ2n) is 11.5. The fraction of sp³-hybridized carbons (Fsp3) is 0.655. The number of ether oxygens (including phenoxy) is 2. The molecule has 9 heteroatoms. The largest absolute Gasteiger partial charge is 0.444 e. The van der Waals surface area contributed by atoms with Gasteiger partial charge in [0.15, 0.2) is 5.78 Å². The van der Waals surface area contributed by atoms with Crippen LogP contribution >= 0.6 is 0 Å². The van der Waals surface area contributed by atoms with Gasteiger partial charge in [0, 0.05) is 12.5 Å². The van der Waals surface area contributed by atoms with Crippen LogP contribution in [-0.2, 0) is 30.5 Å². The summed E-state index contributed by atoms with van der Waals surface area (Å²) in [6, 6.07) is 7.77. The van der Waals surface area contributed by atoms with Gasteiger partial charge in [-0.05, 0) is 51.5 Å². The highest BCUT2D eigenvalue weighted by Crippen LogP contribution is 2.28. The van der Waals surface area contributed by atoms with Gasteiger partial charge in [-0.25, -0.2) is 4.79 Å². The highest BCUT2D eigenvalue weighted by Gasteiger charge is 2.34. The van der Waals surface area contributed by atoms with E-state index >= 15 is 0 Å². The Hall–Kier alpha value is -2.94. The Morgan fingerprint density at radius 3 is 2.32 bits per heavy atom. The third-order valence-corrected chi connectivity index (χ3v) is 7.05. The van der Waals surface area contributed by atoms with Gasteiger partial charge < -0.3 is 25.4 Å². The van der Waals surface area contributed by atoms with Crippen LogP contribution in [0.3, 0.4) is 0 Å². The first-order valence-corrected chi connectivity index (χ1v) is 13.8. The Kier molecular flexibility index (Phi) is 11.1. The van der Waals surface area contributed by atoms with Crippen molar-refractivity contribution in [1.82, 2.24) is 16.0 Å². The summed E-state index contributed by atoms with van der Waals surface area (Å²) in [5, 5.41) is 8.38. The SMILES string of the molecule is CC(C)(C)OC(=O)N[C@@H](CC1CCCCC1)C(=O)N[C@@H](C[C@@H]1CCNC1=O)C(=O)COCc1ccccc1. The van der Waals surface area contributed by atoms with E-state index in [1.807, 2.05) is 30.3 Å². The summed E-state index contributed by atoms with van der Waals surface area (Å²) in [4.78, 5) is 51.5. The highest BCUT2D eigenvalue weighted by atomic mass is 16.6. The predicted molar refractivity (Wildman–Crippen MR) is 143 cm³/mol. The molecule has 0 radical (unpaired) electrons. The number of hydrogen-bond donors (Lipinski definition) is 3. The minimum absolute atomic E-state index is 0.118. The van der Waals surface area contributed by atoms with Crippen molar-refractivity contribution in [3.8, 4) is 0 Å². The van der Waals surface area contributed by atoms with E-state index in [9.17, 15) is 19.2 Å². The number of benzene rings is 1. The van der Waals surface area contributed by atoms with Crippen molar-refractivity contribution < 1.29 is 28.7 Å². The summed E-state index contributed by atoms with van der Waals surface area (Å²) in [6.45, 7) is 5.91. The van der Waals surface area contributed by atoms with Crippen LogP contribution < -0.4 is 16.0 Å². The van der Waals surface area contributed by atoms with Crippen LogP contribution in [0, 0.1) is 11.8 Å². The Bertz CT molecular complexity index is 939. The first-order valence-electron chi connectivity index (χ1n) is 13.8. The van der Waals surface area contributed by atoms with Gasteiger partial charge in [0.05, 0.1) is 12.6 Å². The van der Waals surface area contributed by atoms with Crippen molar-refractivity contribution in [2.75, 3.05) is 13.2 Å². The number of carbonyl (C=O) groups excluding carboxylic acids is 4. The minimum atomic E-state index is -0.901. The fourth-order valence-electron chi connectivity index (χ4n) is 5.08. The molecule has 3 N–H and O–H groups in total. The predicted octanol–water partition coefficient (Wildman–Crippen LogP) is 3.65. The molecule has 1 aromatic rings. The zero-order valence-electron chi connectivity index (χ0n) is 22.9. The lowest BCUT2D eigenvalue weighted by atomic mass is 9.84. The molecule has 3 atom stereocenters. The number of alkyl carbamates (subject to hydrolysis) is 1. The smallest absolute Gasteiger partial charge is 0.408 e. The number of Topliss-reactive ketones (excluding diaryl/α,β-unsaturated/α-hetero) is 1. The van der Waals surface area contributed by atoms with Crippen LogP contribution in [0.2, 0.25) is 0 Å². The van der Waals surface area contributed by atoms with Crippen molar-refractivity contribution in [3.05, 3.63) is 35.9 Å². The number of hydrogen-bond acceptors (Lipinski definition) is 6. The summed E-state index contributed by atoms with van der Waals surface area (Å²) in [5.41, 5.74) is 0.227. The molecule has 0 unspecified atom stereocenters. The Labute approximate surface area is 225 Å². The van der Waals surface area contributed by atoms with Gasteiger partial charge in [0.2, 0.25) is 11.8 Å². The minimum Gasteiger partial charge on any atom is -0.444 e. The molecule has 1 saturated carbocycles. The lowest BCUT2D eigenvalue weighted by Crippen LogP contribution is -2.54. The van der Waals surface area contributed by atoms with Crippen LogP contribution in [-0.4, -0.2) is 54.5 Å². The average Bonchev–Trinajstić information content (AvgIpc) is 3.27. The Morgan fingerprint density at radius 2 is 1.68 bits per heavy atom. The fourth-order valence-corrected chi connectivity index (χ4v) is 5.08. The first-order chi connectivity index (χ1) is 18.1. The van der Waals surface area contributed by atoms with E-state index in [4.69, 9.17) is 9.47 Å². The number of nitrogens with one attached hydrogen (secondary N) is 3. The lowest BCUT2D eigenvalue weighted by molar-refractivity contribution is -0.133. The van der Waals surface area contributed by atoms with Crippen molar-refractivity contribution in [3.63, 3.8) is 0 Å². The van der Waals surface area contributed by atoms with Gasteiger partial charge in [-0.1, -0.05) is 62.4 Å². The molecule has 2 aliphatic rings. The molecule has 1 saturated heterocycles. The Balaban J connectivity index is 1.68. The van der Waals surface area contributed by atoms with Crippen LogP contribution in [0.1, 0.15) is 77.7 Å². The second kappa shape index (κ2) is 14.3. The average molecular weight is 530 g/mol. The van der Waals surface area contributed by atoms with E-state index in [0.29, 0.717) is 25.3 Å². The Morgan fingerprint density at radius 1 is 0.974 bits per heavy atom. The normalized spacial score (nSPS) is 19.8. The first kappa shape index (κ1) is 29.6. The van der Waals surface area contributed by atoms with Gasteiger partial charge in [0.1, 0.15) is 18.2 Å². The summed E-state index contributed by atoms with van der Waals surface area (Å²) in [6.07, 6.45) is 5.96. The monoisotopic (exact) mass is 529 g/mol. The zero-order chi connectivity index (χ0) is 27.5. The standard InChI is InChI=1S/C29H43N3O6/c1-29(2,3)38-28(36)32-24(16-20-10-6-4-7-11-20)27(35)31-23(17-22-14-15-30-26(22)34)25(33)19-37-18-21-12-8-5-9-13-21/h5,8-9,12-13,20,22-24H,4,6-7,10-11,14-19H2,1-3H3,(H,30,34)(H,31,35)(H,32,36)/t22-,23-,24-/m0/s1. The topological polar surface area (TPSA) is 123 Å². The number of ketones is 1. The van der Waals surface area contributed by atoms with E-state index < -0.39 is 29.7 Å². The third-order valence-electron chi connectivity index (χ3n) is 7.05.